The van der Waals surface area contributed by atoms with Gasteiger partial charge in [-0.2, -0.15) is 0 Å². The van der Waals surface area contributed by atoms with E-state index < -0.39 is 6.03 Å². The smallest absolute Gasteiger partial charge is 0.332 e. The fraction of sp³-hybridized carbons (Fsp3) is 0.382. The number of amides is 3. The van der Waals surface area contributed by atoms with Crippen molar-refractivity contribution in [3.8, 4) is 28.7 Å². The average Bonchev–Trinajstić information content (AvgIpc) is 3.47. The first-order valence-electron chi connectivity index (χ1n) is 15.4. The summed E-state index contributed by atoms with van der Waals surface area (Å²) in [4.78, 5) is 34.3. The Kier molecular flexibility index (Phi) is 9.55. The number of hydrogen-bond donors (Lipinski definition) is 2. The number of nitrogens with one attached hydrogen (secondary N) is 2. The zero-order chi connectivity index (χ0) is 33.1. The molecule has 1 saturated heterocycles. The van der Waals surface area contributed by atoms with E-state index in [9.17, 15) is 9.59 Å². The van der Waals surface area contributed by atoms with Crippen LogP contribution in [0.2, 0.25) is 0 Å². The summed E-state index contributed by atoms with van der Waals surface area (Å²) >= 11 is 1.32. The molecule has 12 nitrogen and oxygen atoms in total. The van der Waals surface area contributed by atoms with E-state index in [4.69, 9.17) is 33.4 Å². The molecule has 2 N–H and O–H groups in total. The predicted octanol–water partition coefficient (Wildman–Crippen LogP) is 5.14. The molecule has 3 aliphatic rings. The molecule has 47 heavy (non-hydrogen) atoms. The van der Waals surface area contributed by atoms with Crippen molar-refractivity contribution in [3.05, 3.63) is 45.0 Å². The van der Waals surface area contributed by atoms with Gasteiger partial charge in [-0.3, -0.25) is 4.79 Å². The second-order valence-corrected chi connectivity index (χ2v) is 12.3. The van der Waals surface area contributed by atoms with Crippen LogP contribution in [0.3, 0.4) is 0 Å². The van der Waals surface area contributed by atoms with Crippen LogP contribution in [0.15, 0.2) is 35.3 Å². The summed E-state index contributed by atoms with van der Waals surface area (Å²) in [5, 5.41) is 6.63. The first kappa shape index (κ1) is 32.2. The lowest BCUT2D eigenvalue weighted by atomic mass is 10.1. The molecule has 3 amide bonds. The van der Waals surface area contributed by atoms with E-state index in [1.165, 1.54) is 37.6 Å². The average molecular weight is 663 g/mol. The number of hydrogen-bond acceptors (Lipinski definition) is 10. The molecule has 3 aliphatic heterocycles. The quantitative estimate of drug-likeness (QED) is 0.306. The Labute approximate surface area is 276 Å². The Morgan fingerprint density at radius 1 is 1.04 bits per heavy atom. The lowest BCUT2D eigenvalue weighted by Gasteiger charge is -2.28. The first-order valence-corrected chi connectivity index (χ1v) is 16.2. The topological polar surface area (TPSA) is 129 Å². The molecular formula is C34H38N4O8S. The van der Waals surface area contributed by atoms with E-state index in [1.54, 1.807) is 43.7 Å². The molecular weight excluding hydrogens is 624 g/mol. The summed E-state index contributed by atoms with van der Waals surface area (Å²) in [6.45, 7) is 3.21. The molecule has 1 aromatic heterocycles. The third-order valence-electron chi connectivity index (χ3n) is 8.26. The molecule has 0 saturated carbocycles. The van der Waals surface area contributed by atoms with E-state index in [1.807, 2.05) is 6.92 Å². The highest BCUT2D eigenvalue weighted by atomic mass is 32.1. The van der Waals surface area contributed by atoms with E-state index in [0.29, 0.717) is 74.8 Å². The van der Waals surface area contributed by atoms with Crippen LogP contribution in [-0.4, -0.2) is 65.9 Å². The number of aliphatic imine (C=N–C) groups is 1. The van der Waals surface area contributed by atoms with E-state index >= 15 is 0 Å². The van der Waals surface area contributed by atoms with Crippen molar-refractivity contribution in [1.29, 1.82) is 0 Å². The number of benzene rings is 2. The van der Waals surface area contributed by atoms with Gasteiger partial charge >= 0.3 is 6.03 Å². The van der Waals surface area contributed by atoms with Crippen molar-refractivity contribution in [1.82, 2.24) is 0 Å². The van der Waals surface area contributed by atoms with Gasteiger partial charge in [0.25, 0.3) is 5.91 Å². The van der Waals surface area contributed by atoms with Gasteiger partial charge in [0.1, 0.15) is 11.5 Å². The molecule has 1 atom stereocenters. The highest BCUT2D eigenvalue weighted by molar-refractivity contribution is 7.13. The molecule has 2 aromatic carbocycles. The molecule has 3 aromatic rings. The van der Waals surface area contributed by atoms with Crippen molar-refractivity contribution in [2.24, 2.45) is 4.99 Å². The Bertz CT molecular complexity index is 1820. The van der Waals surface area contributed by atoms with Gasteiger partial charge < -0.3 is 39.1 Å². The van der Waals surface area contributed by atoms with E-state index in [0.717, 1.165) is 42.4 Å². The van der Waals surface area contributed by atoms with Crippen LogP contribution in [0.25, 0.3) is 11.4 Å². The molecule has 0 aliphatic carbocycles. The minimum Gasteiger partial charge on any atom is -0.493 e. The van der Waals surface area contributed by atoms with Gasteiger partial charge in [-0.05, 0) is 51.2 Å². The Hall–Kier alpha value is -4.75. The van der Waals surface area contributed by atoms with Crippen LogP contribution in [0, 0.1) is 0 Å². The summed E-state index contributed by atoms with van der Waals surface area (Å²) in [6, 6.07) is 8.13. The van der Waals surface area contributed by atoms with Gasteiger partial charge in [0.15, 0.2) is 28.8 Å². The Morgan fingerprint density at radius 2 is 1.81 bits per heavy atom. The summed E-state index contributed by atoms with van der Waals surface area (Å²) < 4.78 is 34.8. The second kappa shape index (κ2) is 13.9. The van der Waals surface area contributed by atoms with E-state index in [2.05, 4.69) is 10.6 Å². The zero-order valence-corrected chi connectivity index (χ0v) is 27.9. The molecule has 1 unspecified atom stereocenters. The molecule has 248 valence electrons. The van der Waals surface area contributed by atoms with Crippen LogP contribution in [0.4, 0.5) is 21.9 Å². The van der Waals surface area contributed by atoms with Gasteiger partial charge in [-0.1, -0.05) is 5.57 Å². The Morgan fingerprint density at radius 3 is 2.49 bits per heavy atom. The number of ether oxygens (including phenoxy) is 6. The molecule has 0 spiro atoms. The number of carbonyl (C=O) groups excluding carboxylic acids is 2. The number of urea groups is 1. The van der Waals surface area contributed by atoms with Gasteiger partial charge in [0.2, 0.25) is 5.75 Å². The minimum atomic E-state index is -0.485. The summed E-state index contributed by atoms with van der Waals surface area (Å²) in [7, 11) is 6.10. The van der Waals surface area contributed by atoms with Crippen LogP contribution < -0.4 is 49.0 Å². The number of rotatable bonds is 10. The van der Waals surface area contributed by atoms with E-state index in [-0.39, 0.29) is 12.0 Å². The lowest BCUT2D eigenvalue weighted by molar-refractivity contribution is -0.0114. The number of anilines is 3. The number of thiophene rings is 1. The summed E-state index contributed by atoms with van der Waals surface area (Å²) in [5.41, 5.74) is 2.47. The van der Waals surface area contributed by atoms with Crippen molar-refractivity contribution in [3.63, 3.8) is 0 Å². The second-order valence-electron chi connectivity index (χ2n) is 11.2. The van der Waals surface area contributed by atoms with Crippen LogP contribution in [-0.2, 0) is 4.74 Å². The molecule has 6 rings (SSSR count). The normalized spacial score (nSPS) is 19.1. The summed E-state index contributed by atoms with van der Waals surface area (Å²) in [5.74, 6) is 2.25. The highest BCUT2D eigenvalue weighted by Crippen LogP contribution is 2.43. The van der Waals surface area contributed by atoms with Gasteiger partial charge in [-0.25, -0.2) is 14.7 Å². The summed E-state index contributed by atoms with van der Waals surface area (Å²) in [6.07, 6.45) is 6.43. The van der Waals surface area contributed by atoms with Crippen LogP contribution in [0.1, 0.15) is 48.7 Å². The van der Waals surface area contributed by atoms with Gasteiger partial charge in [-0.15, -0.1) is 11.3 Å². The van der Waals surface area contributed by atoms with Crippen molar-refractivity contribution in [2.45, 2.75) is 45.1 Å². The van der Waals surface area contributed by atoms with Crippen LogP contribution in [0.5, 0.6) is 28.7 Å². The molecule has 13 heteroatoms. The fourth-order valence-corrected chi connectivity index (χ4v) is 7.05. The number of nitrogens with zero attached hydrogens (tertiary/aromatic N) is 2. The van der Waals surface area contributed by atoms with Crippen molar-refractivity contribution in [2.75, 3.05) is 57.2 Å². The monoisotopic (exact) mass is 662 g/mol. The molecule has 0 radical (unpaired) electrons. The van der Waals surface area contributed by atoms with Crippen LogP contribution >= 0.6 is 11.3 Å². The van der Waals surface area contributed by atoms with Crippen molar-refractivity contribution < 1.29 is 38.0 Å². The van der Waals surface area contributed by atoms with Crippen molar-refractivity contribution >= 4 is 57.9 Å². The molecule has 1 fully saturated rings. The fourth-order valence-electron chi connectivity index (χ4n) is 5.87. The standard InChI is InChI=1S/C34H38N4O8S/c1-19-9-8-13-35-32-27-28(37-34(40)38(32)21-16-25(42-3)29(44-5)26(17-21)43-4)31(47-30(19)27)33(39)36-20-11-12-23(24(15-20)41-2)46-18-22-10-6-7-14-45-22/h11-13,15-17,22H,6-10,14,18H2,1-5H3,(H,36,39)(H,37,40)/b30-19-,35-13-. The first-order chi connectivity index (χ1) is 22.9. The highest BCUT2D eigenvalue weighted by Gasteiger charge is 2.33. The zero-order valence-electron chi connectivity index (χ0n) is 27.1. The lowest BCUT2D eigenvalue weighted by Crippen LogP contribution is -2.45. The predicted molar refractivity (Wildman–Crippen MR) is 181 cm³/mol. The molecule has 0 bridgehead atoms. The third-order valence-corrected chi connectivity index (χ3v) is 9.61. The number of methoxy groups -OCH3 is 4. The maximum atomic E-state index is 13.9. The Balaban J connectivity index is 1.37. The third kappa shape index (κ3) is 6.32. The SMILES string of the molecule is COc1cc(NC(=O)c2s/c3c4c2NC(=O)N(c2cc(OC)c(OC)c(OC)c2)C=4/N=C\CC/C=3C)ccc1OCC1CCCCO1. The van der Waals surface area contributed by atoms with Gasteiger partial charge in [0, 0.05) is 41.2 Å². The number of carbonyl (C=O) groups is 2. The van der Waals surface area contributed by atoms with Gasteiger partial charge in [0.05, 0.1) is 51.1 Å². The molecule has 4 heterocycles. The largest absolute Gasteiger partial charge is 0.493 e. The minimum absolute atomic E-state index is 0.0503. The maximum absolute atomic E-state index is 13.9. The maximum Gasteiger partial charge on any atom is 0.332 e.